The molecule has 0 saturated heterocycles. The Bertz CT molecular complexity index is 753. The molecule has 2 aromatic rings. The van der Waals surface area contributed by atoms with E-state index in [0.717, 1.165) is 16.2 Å². The van der Waals surface area contributed by atoms with E-state index in [0.29, 0.717) is 17.8 Å². The lowest BCUT2D eigenvalue weighted by Gasteiger charge is -2.07. The first-order valence-electron chi connectivity index (χ1n) is 7.78. The molecule has 132 valence electrons. The van der Waals surface area contributed by atoms with Crippen molar-refractivity contribution < 1.29 is 19.1 Å². The Balaban J connectivity index is 1.72. The zero-order valence-corrected chi connectivity index (χ0v) is 14.9. The van der Waals surface area contributed by atoms with Gasteiger partial charge in [0.1, 0.15) is 5.75 Å². The lowest BCUT2D eigenvalue weighted by Crippen LogP contribution is -2.40. The lowest BCUT2D eigenvalue weighted by atomic mass is 10.2. The molecule has 0 bridgehead atoms. The number of thiophene rings is 1. The van der Waals surface area contributed by atoms with Gasteiger partial charge in [0.15, 0.2) is 5.78 Å². The molecule has 25 heavy (non-hydrogen) atoms. The van der Waals surface area contributed by atoms with E-state index < -0.39 is 11.8 Å². The fourth-order valence-corrected chi connectivity index (χ4v) is 2.99. The van der Waals surface area contributed by atoms with E-state index in [4.69, 9.17) is 4.74 Å². The normalized spacial score (nSPS) is 10.2. The van der Waals surface area contributed by atoms with Crippen molar-refractivity contribution in [2.45, 2.75) is 19.9 Å². The molecule has 0 radical (unpaired) electrons. The second-order valence-electron chi connectivity index (χ2n) is 5.36. The van der Waals surface area contributed by atoms with Gasteiger partial charge in [-0.1, -0.05) is 12.1 Å². The van der Waals surface area contributed by atoms with Gasteiger partial charge in [0, 0.05) is 18.0 Å². The number of carbonyl (C=O) groups is 3. The summed E-state index contributed by atoms with van der Waals surface area (Å²) in [7, 11) is 1.58. The van der Waals surface area contributed by atoms with E-state index in [1.807, 2.05) is 18.2 Å². The van der Waals surface area contributed by atoms with Crippen LogP contribution in [0.15, 0.2) is 36.4 Å². The number of carbonyl (C=O) groups excluding carboxylic acids is 3. The van der Waals surface area contributed by atoms with Gasteiger partial charge in [-0.25, -0.2) is 0 Å². The molecular formula is C18H20N2O4S. The van der Waals surface area contributed by atoms with Gasteiger partial charge in [-0.2, -0.15) is 0 Å². The zero-order chi connectivity index (χ0) is 18.2. The van der Waals surface area contributed by atoms with Crippen molar-refractivity contribution in [1.29, 1.82) is 0 Å². The molecule has 1 aromatic carbocycles. The number of benzene rings is 1. The molecule has 0 atom stereocenters. The molecule has 0 unspecified atom stereocenters. The zero-order valence-electron chi connectivity index (χ0n) is 14.1. The summed E-state index contributed by atoms with van der Waals surface area (Å²) in [6, 6.07) is 10.8. The molecule has 0 aliphatic carbocycles. The van der Waals surface area contributed by atoms with E-state index in [9.17, 15) is 14.4 Å². The summed E-state index contributed by atoms with van der Waals surface area (Å²) >= 11 is 1.40. The van der Waals surface area contributed by atoms with Gasteiger partial charge in [-0.3, -0.25) is 14.4 Å². The molecule has 2 N–H and O–H groups in total. The van der Waals surface area contributed by atoms with Crippen molar-refractivity contribution in [3.63, 3.8) is 0 Å². The lowest BCUT2D eigenvalue weighted by molar-refractivity contribution is -0.139. The number of ketones is 1. The number of nitrogens with one attached hydrogen (secondary N) is 2. The van der Waals surface area contributed by atoms with Gasteiger partial charge in [0.25, 0.3) is 0 Å². The molecule has 0 saturated carbocycles. The Kier molecular flexibility index (Phi) is 6.71. The van der Waals surface area contributed by atoms with Crippen LogP contribution in [0.3, 0.4) is 0 Å². The fraction of sp³-hybridized carbons (Fsp3) is 0.278. The fourth-order valence-electron chi connectivity index (χ4n) is 2.09. The average Bonchev–Trinajstić information content (AvgIpc) is 3.09. The molecule has 6 nitrogen and oxygen atoms in total. The molecule has 7 heteroatoms. The van der Waals surface area contributed by atoms with Crippen LogP contribution < -0.4 is 15.4 Å². The minimum Gasteiger partial charge on any atom is -0.497 e. The largest absolute Gasteiger partial charge is 0.497 e. The highest BCUT2D eigenvalue weighted by Gasteiger charge is 2.12. The Morgan fingerprint density at radius 2 is 1.68 bits per heavy atom. The number of methoxy groups -OCH3 is 1. The molecule has 0 aliphatic heterocycles. The summed E-state index contributed by atoms with van der Waals surface area (Å²) in [5, 5.41) is 5.14. The minimum absolute atomic E-state index is 0.0261. The van der Waals surface area contributed by atoms with Crippen molar-refractivity contribution >= 4 is 28.9 Å². The first-order chi connectivity index (χ1) is 12.0. The van der Waals surface area contributed by atoms with Crippen LogP contribution in [0.1, 0.15) is 27.0 Å². The summed E-state index contributed by atoms with van der Waals surface area (Å²) in [6.45, 7) is 2.13. The SMILES string of the molecule is COc1ccc(CNC(=O)C(=O)NCCc2ccc(C(C)=O)s2)cc1. The van der Waals surface area contributed by atoms with Crippen LogP contribution in [0.4, 0.5) is 0 Å². The molecule has 1 aromatic heterocycles. The standard InChI is InChI=1S/C18H20N2O4S/c1-12(21)16-8-7-15(25-16)9-10-19-17(22)18(23)20-11-13-3-5-14(24-2)6-4-13/h3-8H,9-11H2,1-2H3,(H,19,22)(H,20,23). The van der Waals surface area contributed by atoms with Gasteiger partial charge < -0.3 is 15.4 Å². The van der Waals surface area contributed by atoms with Crippen molar-refractivity contribution in [3.05, 3.63) is 51.7 Å². The Morgan fingerprint density at radius 1 is 1.00 bits per heavy atom. The molecule has 2 rings (SSSR count). The van der Waals surface area contributed by atoms with Crippen LogP contribution in [-0.2, 0) is 22.6 Å². The highest BCUT2D eigenvalue weighted by molar-refractivity contribution is 7.14. The van der Waals surface area contributed by atoms with Crippen LogP contribution in [0.5, 0.6) is 5.75 Å². The van der Waals surface area contributed by atoms with Crippen LogP contribution in [0.2, 0.25) is 0 Å². The highest BCUT2D eigenvalue weighted by atomic mass is 32.1. The van der Waals surface area contributed by atoms with E-state index in [1.54, 1.807) is 25.3 Å². The molecule has 2 amide bonds. The summed E-state index contributed by atoms with van der Waals surface area (Å²) < 4.78 is 5.06. The molecular weight excluding hydrogens is 340 g/mol. The summed E-state index contributed by atoms with van der Waals surface area (Å²) in [5.74, 6) is -0.587. The summed E-state index contributed by atoms with van der Waals surface area (Å²) in [4.78, 5) is 36.5. The van der Waals surface area contributed by atoms with Gasteiger partial charge in [0.2, 0.25) is 0 Å². The van der Waals surface area contributed by atoms with Gasteiger partial charge in [-0.15, -0.1) is 11.3 Å². The topological polar surface area (TPSA) is 84.5 Å². The number of hydrogen-bond donors (Lipinski definition) is 2. The Hall–Kier alpha value is -2.67. The molecule has 1 heterocycles. The van der Waals surface area contributed by atoms with E-state index in [1.165, 1.54) is 18.3 Å². The van der Waals surface area contributed by atoms with Crippen molar-refractivity contribution in [3.8, 4) is 5.75 Å². The first kappa shape index (κ1) is 18.7. The third-order valence-corrected chi connectivity index (χ3v) is 4.73. The number of hydrogen-bond acceptors (Lipinski definition) is 5. The second-order valence-corrected chi connectivity index (χ2v) is 6.53. The maximum Gasteiger partial charge on any atom is 0.309 e. The first-order valence-corrected chi connectivity index (χ1v) is 8.60. The van der Waals surface area contributed by atoms with Gasteiger partial charge in [0.05, 0.1) is 12.0 Å². The maximum atomic E-state index is 11.8. The third-order valence-electron chi connectivity index (χ3n) is 3.48. The van der Waals surface area contributed by atoms with Crippen molar-refractivity contribution in [1.82, 2.24) is 10.6 Å². The number of ether oxygens (including phenoxy) is 1. The monoisotopic (exact) mass is 360 g/mol. The van der Waals surface area contributed by atoms with E-state index in [-0.39, 0.29) is 12.3 Å². The van der Waals surface area contributed by atoms with Crippen LogP contribution in [0, 0.1) is 0 Å². The predicted molar refractivity (Wildman–Crippen MR) is 95.9 cm³/mol. The maximum absolute atomic E-state index is 11.8. The molecule has 0 fully saturated rings. The predicted octanol–water partition coefficient (Wildman–Crippen LogP) is 1.93. The summed E-state index contributed by atoms with van der Waals surface area (Å²) in [5.41, 5.74) is 0.872. The quantitative estimate of drug-likeness (QED) is 0.584. The van der Waals surface area contributed by atoms with Gasteiger partial charge in [-0.05, 0) is 43.2 Å². The third kappa shape index (κ3) is 5.72. The smallest absolute Gasteiger partial charge is 0.309 e. The van der Waals surface area contributed by atoms with Gasteiger partial charge >= 0.3 is 11.8 Å². The Morgan fingerprint density at radius 3 is 2.28 bits per heavy atom. The van der Waals surface area contributed by atoms with Crippen molar-refractivity contribution in [2.24, 2.45) is 0 Å². The van der Waals surface area contributed by atoms with Crippen LogP contribution in [0.25, 0.3) is 0 Å². The molecule has 0 aliphatic rings. The number of amides is 2. The average molecular weight is 360 g/mol. The molecule has 0 spiro atoms. The van der Waals surface area contributed by atoms with Crippen LogP contribution >= 0.6 is 11.3 Å². The second kappa shape index (κ2) is 8.98. The van der Waals surface area contributed by atoms with E-state index >= 15 is 0 Å². The Labute approximate surface area is 150 Å². The van der Waals surface area contributed by atoms with E-state index in [2.05, 4.69) is 10.6 Å². The number of rotatable bonds is 7. The van der Waals surface area contributed by atoms with Crippen LogP contribution in [-0.4, -0.2) is 31.3 Å². The highest BCUT2D eigenvalue weighted by Crippen LogP contribution is 2.17. The summed E-state index contributed by atoms with van der Waals surface area (Å²) in [6.07, 6.45) is 0.579. The van der Waals surface area contributed by atoms with Crippen molar-refractivity contribution in [2.75, 3.05) is 13.7 Å². The minimum atomic E-state index is -0.675. The number of Topliss-reactive ketones (excluding diaryl/α,β-unsaturated/α-hetero) is 1.